The molecular formula is C22H21Cl2F4N5O. The smallest absolute Gasteiger partial charge is 0.321 e. The first-order valence-electron chi connectivity index (χ1n) is 10.5. The van der Waals surface area contributed by atoms with Crippen LogP contribution in [0.25, 0.3) is 0 Å². The van der Waals surface area contributed by atoms with Crippen LogP contribution < -0.4 is 5.32 Å². The standard InChI is InChI=1S/C22H21Cl2F4N5O/c1-10-18(11(2)32(30-10)9-14-6-7-15(25)8-16(14)23)29-21(34)12(3)33-19(13-4-5-13)17(24)20(31-33)22(26,27)28/h6-8,12-13H,4-5,9H2,1-3H3,(H,29,34). The van der Waals surface area contributed by atoms with Crippen LogP contribution in [0.3, 0.4) is 0 Å². The van der Waals surface area contributed by atoms with Gasteiger partial charge in [0.25, 0.3) is 0 Å². The van der Waals surface area contributed by atoms with Gasteiger partial charge in [-0.1, -0.05) is 29.3 Å². The van der Waals surface area contributed by atoms with Gasteiger partial charge >= 0.3 is 6.18 Å². The van der Waals surface area contributed by atoms with Crippen LogP contribution in [0.5, 0.6) is 0 Å². The van der Waals surface area contributed by atoms with Gasteiger partial charge in [0.2, 0.25) is 5.91 Å². The van der Waals surface area contributed by atoms with E-state index in [-0.39, 0.29) is 23.2 Å². The first-order valence-corrected chi connectivity index (χ1v) is 11.3. The fraction of sp³-hybridized carbons (Fsp3) is 0.409. The van der Waals surface area contributed by atoms with Crippen molar-refractivity contribution in [1.82, 2.24) is 19.6 Å². The van der Waals surface area contributed by atoms with Crippen LogP contribution in [0.15, 0.2) is 18.2 Å². The van der Waals surface area contributed by atoms with Crippen molar-refractivity contribution in [3.8, 4) is 0 Å². The van der Waals surface area contributed by atoms with E-state index >= 15 is 0 Å². The number of amides is 1. The van der Waals surface area contributed by atoms with E-state index in [2.05, 4.69) is 15.5 Å². The van der Waals surface area contributed by atoms with Crippen LogP contribution in [-0.2, 0) is 17.5 Å². The highest BCUT2D eigenvalue weighted by Crippen LogP contribution is 2.47. The highest BCUT2D eigenvalue weighted by molar-refractivity contribution is 6.32. The molecule has 1 aliphatic carbocycles. The lowest BCUT2D eigenvalue weighted by atomic mass is 10.2. The monoisotopic (exact) mass is 517 g/mol. The Morgan fingerprint density at radius 3 is 2.50 bits per heavy atom. The van der Waals surface area contributed by atoms with Crippen molar-refractivity contribution in [3.63, 3.8) is 0 Å². The van der Waals surface area contributed by atoms with Gasteiger partial charge in [0.1, 0.15) is 11.9 Å². The van der Waals surface area contributed by atoms with Gasteiger partial charge in [0.15, 0.2) is 5.69 Å². The largest absolute Gasteiger partial charge is 0.436 e. The van der Waals surface area contributed by atoms with E-state index in [1.165, 1.54) is 19.1 Å². The molecular weight excluding hydrogens is 497 g/mol. The molecule has 1 N–H and O–H groups in total. The minimum absolute atomic E-state index is 0.155. The minimum atomic E-state index is -4.72. The summed E-state index contributed by atoms with van der Waals surface area (Å²) >= 11 is 12.1. The highest BCUT2D eigenvalue weighted by atomic mass is 35.5. The molecule has 0 bridgehead atoms. The number of hydrogen-bond donors (Lipinski definition) is 1. The van der Waals surface area contributed by atoms with Crippen molar-refractivity contribution in [2.24, 2.45) is 0 Å². The topological polar surface area (TPSA) is 64.7 Å². The summed E-state index contributed by atoms with van der Waals surface area (Å²) in [4.78, 5) is 13.0. The lowest BCUT2D eigenvalue weighted by molar-refractivity contribution is -0.141. The maximum atomic E-state index is 13.4. The Bertz CT molecular complexity index is 1260. The third-order valence-electron chi connectivity index (χ3n) is 5.83. The number of carbonyl (C=O) groups is 1. The number of benzene rings is 1. The molecule has 6 nitrogen and oxygen atoms in total. The van der Waals surface area contributed by atoms with E-state index < -0.39 is 34.7 Å². The van der Waals surface area contributed by atoms with Crippen molar-refractivity contribution in [2.45, 2.75) is 58.3 Å². The summed E-state index contributed by atoms with van der Waals surface area (Å²) in [6.07, 6.45) is -3.35. The first kappa shape index (κ1) is 24.5. The first-order chi connectivity index (χ1) is 15.9. The van der Waals surface area contributed by atoms with E-state index in [9.17, 15) is 22.4 Å². The molecule has 1 saturated carbocycles. The molecule has 1 aromatic carbocycles. The predicted molar refractivity (Wildman–Crippen MR) is 120 cm³/mol. The van der Waals surface area contributed by atoms with Gasteiger partial charge in [0, 0.05) is 10.9 Å². The third-order valence-corrected chi connectivity index (χ3v) is 6.56. The van der Waals surface area contributed by atoms with Crippen molar-refractivity contribution in [3.05, 3.63) is 62.4 Å². The highest BCUT2D eigenvalue weighted by Gasteiger charge is 2.43. The number of nitrogens with zero attached hydrogens (tertiary/aromatic N) is 4. The van der Waals surface area contributed by atoms with Crippen LogP contribution in [0.1, 0.15) is 60.1 Å². The van der Waals surface area contributed by atoms with Crippen molar-refractivity contribution >= 4 is 34.8 Å². The second-order valence-corrected chi connectivity index (χ2v) is 9.15. The summed E-state index contributed by atoms with van der Waals surface area (Å²) in [6.45, 7) is 5.14. The lowest BCUT2D eigenvalue weighted by Gasteiger charge is -2.16. The van der Waals surface area contributed by atoms with Crippen LogP contribution in [0.4, 0.5) is 23.2 Å². The number of halogens is 6. The average molecular weight is 518 g/mol. The predicted octanol–water partition coefficient (Wildman–Crippen LogP) is 6.29. The SMILES string of the molecule is Cc1nn(Cc2ccc(F)cc2Cl)c(C)c1NC(=O)C(C)n1nc(C(F)(F)F)c(Cl)c1C1CC1. The molecule has 12 heteroatoms. The van der Waals surface area contributed by atoms with Gasteiger partial charge in [-0.3, -0.25) is 14.2 Å². The minimum Gasteiger partial charge on any atom is -0.321 e. The number of anilines is 1. The Balaban J connectivity index is 1.59. The van der Waals surface area contributed by atoms with Gasteiger partial charge in [0.05, 0.1) is 34.3 Å². The number of aromatic nitrogens is 4. The zero-order valence-electron chi connectivity index (χ0n) is 18.5. The fourth-order valence-corrected chi connectivity index (χ4v) is 4.42. The van der Waals surface area contributed by atoms with E-state index in [1.807, 2.05) is 0 Å². The molecule has 4 rings (SSSR count). The van der Waals surface area contributed by atoms with E-state index in [4.69, 9.17) is 23.2 Å². The van der Waals surface area contributed by atoms with Crippen molar-refractivity contribution in [2.75, 3.05) is 5.32 Å². The number of rotatable bonds is 6. The fourth-order valence-electron chi connectivity index (χ4n) is 3.81. The molecule has 0 saturated heterocycles. The van der Waals surface area contributed by atoms with Gasteiger partial charge < -0.3 is 5.32 Å². The van der Waals surface area contributed by atoms with Gasteiger partial charge in [-0.25, -0.2) is 4.39 Å². The summed E-state index contributed by atoms with van der Waals surface area (Å²) in [6, 6.07) is 3.00. The molecule has 1 aliphatic rings. The molecule has 2 aromatic heterocycles. The molecule has 0 spiro atoms. The summed E-state index contributed by atoms with van der Waals surface area (Å²) in [5.41, 5.74) is 1.22. The summed E-state index contributed by atoms with van der Waals surface area (Å²) in [5.74, 6) is -1.17. The summed E-state index contributed by atoms with van der Waals surface area (Å²) in [5, 5.41) is 10.6. The molecule has 1 amide bonds. The van der Waals surface area contributed by atoms with Crippen LogP contribution in [0, 0.1) is 19.7 Å². The van der Waals surface area contributed by atoms with E-state index in [0.29, 0.717) is 35.5 Å². The lowest BCUT2D eigenvalue weighted by Crippen LogP contribution is -2.26. The zero-order chi connectivity index (χ0) is 24.9. The van der Waals surface area contributed by atoms with Gasteiger partial charge in [-0.15, -0.1) is 0 Å². The molecule has 1 fully saturated rings. The maximum Gasteiger partial charge on any atom is 0.436 e. The van der Waals surface area contributed by atoms with Crippen LogP contribution in [-0.4, -0.2) is 25.5 Å². The van der Waals surface area contributed by atoms with Crippen molar-refractivity contribution in [1.29, 1.82) is 0 Å². The third kappa shape index (κ3) is 4.65. The normalized spacial score (nSPS) is 15.0. The van der Waals surface area contributed by atoms with E-state index in [1.54, 1.807) is 24.6 Å². The Hall–Kier alpha value is -2.59. The van der Waals surface area contributed by atoms with Crippen LogP contribution >= 0.6 is 23.2 Å². The zero-order valence-corrected chi connectivity index (χ0v) is 20.0. The van der Waals surface area contributed by atoms with Crippen LogP contribution in [0.2, 0.25) is 10.0 Å². The summed E-state index contributed by atoms with van der Waals surface area (Å²) < 4.78 is 56.1. The second-order valence-electron chi connectivity index (χ2n) is 8.37. The molecule has 34 heavy (non-hydrogen) atoms. The molecule has 182 valence electrons. The number of aryl methyl sites for hydroxylation is 1. The number of carbonyl (C=O) groups excluding carboxylic acids is 1. The molecule has 0 radical (unpaired) electrons. The second kappa shape index (κ2) is 8.88. The van der Waals surface area contributed by atoms with E-state index in [0.717, 1.165) is 4.68 Å². The summed E-state index contributed by atoms with van der Waals surface area (Å²) in [7, 11) is 0. The molecule has 1 unspecified atom stereocenters. The average Bonchev–Trinajstić information content (AvgIpc) is 3.47. The Kier molecular flexibility index (Phi) is 6.41. The molecule has 2 heterocycles. The maximum absolute atomic E-state index is 13.4. The molecule has 1 atom stereocenters. The Labute approximate surface area is 202 Å². The quantitative estimate of drug-likeness (QED) is 0.391. The number of nitrogens with one attached hydrogen (secondary N) is 1. The Morgan fingerprint density at radius 2 is 1.91 bits per heavy atom. The molecule has 0 aliphatic heterocycles. The number of alkyl halides is 3. The van der Waals surface area contributed by atoms with Gasteiger partial charge in [-0.2, -0.15) is 23.4 Å². The molecule has 3 aromatic rings. The van der Waals surface area contributed by atoms with Crippen molar-refractivity contribution < 1.29 is 22.4 Å². The van der Waals surface area contributed by atoms with Gasteiger partial charge in [-0.05, 0) is 51.3 Å². The Morgan fingerprint density at radius 1 is 1.24 bits per heavy atom. The number of hydrogen-bond acceptors (Lipinski definition) is 3.